The van der Waals surface area contributed by atoms with Crippen molar-refractivity contribution in [3.05, 3.63) is 58.9 Å². The van der Waals surface area contributed by atoms with Gasteiger partial charge in [0, 0.05) is 6.20 Å². The molecule has 0 saturated heterocycles. The van der Waals surface area contributed by atoms with Crippen molar-refractivity contribution in [1.82, 2.24) is 4.98 Å². The molecule has 0 aliphatic carbocycles. The van der Waals surface area contributed by atoms with Crippen LogP contribution in [-0.2, 0) is 15.6 Å². The Morgan fingerprint density at radius 1 is 1.26 bits per heavy atom. The Morgan fingerprint density at radius 3 is 2.68 bits per heavy atom. The van der Waals surface area contributed by atoms with E-state index in [9.17, 15) is 8.42 Å². The highest BCUT2D eigenvalue weighted by molar-refractivity contribution is 7.90. The molecule has 2 aromatic rings. The van der Waals surface area contributed by atoms with Crippen molar-refractivity contribution in [2.45, 2.75) is 10.6 Å². The Balaban J connectivity index is 2.37. The molecule has 0 spiro atoms. The van der Waals surface area contributed by atoms with Gasteiger partial charge in [-0.1, -0.05) is 23.7 Å². The zero-order chi connectivity index (χ0) is 13.9. The third-order valence-electron chi connectivity index (χ3n) is 2.47. The Morgan fingerprint density at radius 2 is 2.00 bits per heavy atom. The summed E-state index contributed by atoms with van der Waals surface area (Å²) < 4.78 is 24.5. The number of benzene rings is 1. The highest BCUT2D eigenvalue weighted by Gasteiger charge is 2.18. The molecule has 0 amide bonds. The first-order chi connectivity index (χ1) is 9.03. The molecule has 1 aromatic heterocycles. The van der Waals surface area contributed by atoms with Gasteiger partial charge in [-0.2, -0.15) is 5.26 Å². The number of hydrogen-bond acceptors (Lipinski definition) is 4. The number of nitriles is 1. The smallest absolute Gasteiger partial charge is 0.183 e. The van der Waals surface area contributed by atoms with Gasteiger partial charge >= 0.3 is 0 Å². The Kier molecular flexibility index (Phi) is 3.84. The summed E-state index contributed by atoms with van der Waals surface area (Å²) in [5.41, 5.74) is 0.693. The van der Waals surface area contributed by atoms with Gasteiger partial charge in [0.1, 0.15) is 11.8 Å². The maximum Gasteiger partial charge on any atom is 0.183 e. The van der Waals surface area contributed by atoms with Gasteiger partial charge in [-0.05, 0) is 29.8 Å². The van der Waals surface area contributed by atoms with Crippen LogP contribution in [0.5, 0.6) is 0 Å². The highest BCUT2D eigenvalue weighted by atomic mass is 35.5. The highest BCUT2D eigenvalue weighted by Crippen LogP contribution is 2.24. The van der Waals surface area contributed by atoms with Gasteiger partial charge in [0.05, 0.1) is 15.7 Å². The summed E-state index contributed by atoms with van der Waals surface area (Å²) >= 11 is 5.89. The molecule has 0 N–H and O–H groups in total. The van der Waals surface area contributed by atoms with Crippen LogP contribution in [0.2, 0.25) is 5.02 Å². The van der Waals surface area contributed by atoms with Gasteiger partial charge < -0.3 is 0 Å². The SMILES string of the molecule is N#Cc1cc(CS(=O)(=O)c2ccccc2Cl)ccn1. The van der Waals surface area contributed by atoms with Crippen LogP contribution < -0.4 is 0 Å². The molecule has 4 nitrogen and oxygen atoms in total. The van der Waals surface area contributed by atoms with Gasteiger partial charge in [0.15, 0.2) is 9.84 Å². The third kappa shape index (κ3) is 3.11. The standard InChI is InChI=1S/C13H9ClN2O2S/c14-12-3-1-2-4-13(12)19(17,18)9-10-5-6-16-11(7-10)8-15/h1-7H,9H2. The van der Waals surface area contributed by atoms with Crippen LogP contribution in [-0.4, -0.2) is 13.4 Å². The fraction of sp³-hybridized carbons (Fsp3) is 0.0769. The molecule has 0 fully saturated rings. The lowest BCUT2D eigenvalue weighted by atomic mass is 10.2. The normalized spacial score (nSPS) is 10.9. The van der Waals surface area contributed by atoms with Crippen molar-refractivity contribution in [1.29, 1.82) is 5.26 Å². The summed E-state index contributed by atoms with van der Waals surface area (Å²) in [6.07, 6.45) is 1.41. The lowest BCUT2D eigenvalue weighted by Crippen LogP contribution is -2.06. The van der Waals surface area contributed by atoms with E-state index in [0.717, 1.165) is 0 Å². The number of rotatable bonds is 3. The number of hydrogen-bond donors (Lipinski definition) is 0. The lowest BCUT2D eigenvalue weighted by molar-refractivity contribution is 0.595. The summed E-state index contributed by atoms with van der Waals surface area (Å²) in [7, 11) is -3.54. The number of halogens is 1. The average Bonchev–Trinajstić information content (AvgIpc) is 2.38. The van der Waals surface area contributed by atoms with Gasteiger partial charge in [0.2, 0.25) is 0 Å². The minimum atomic E-state index is -3.54. The topological polar surface area (TPSA) is 70.8 Å². The predicted octanol–water partition coefficient (Wildman–Crippen LogP) is 2.58. The number of pyridine rings is 1. The van der Waals surface area contributed by atoms with Gasteiger partial charge in [-0.15, -0.1) is 0 Å². The molecule has 0 atom stereocenters. The fourth-order valence-corrected chi connectivity index (χ4v) is 3.53. The van der Waals surface area contributed by atoms with E-state index in [0.29, 0.717) is 5.56 Å². The van der Waals surface area contributed by atoms with E-state index in [-0.39, 0.29) is 21.4 Å². The monoisotopic (exact) mass is 292 g/mol. The molecule has 96 valence electrons. The number of sulfone groups is 1. The fourth-order valence-electron chi connectivity index (χ4n) is 1.62. The predicted molar refractivity (Wildman–Crippen MR) is 71.3 cm³/mol. The second-order valence-corrected chi connectivity index (χ2v) is 6.22. The van der Waals surface area contributed by atoms with Crippen molar-refractivity contribution < 1.29 is 8.42 Å². The molecule has 19 heavy (non-hydrogen) atoms. The molecule has 6 heteroatoms. The van der Waals surface area contributed by atoms with Crippen LogP contribution in [0.1, 0.15) is 11.3 Å². The molecule has 1 aromatic carbocycles. The minimum absolute atomic E-state index is 0.0898. The molecule has 0 radical (unpaired) electrons. The van der Waals surface area contributed by atoms with Gasteiger partial charge in [-0.3, -0.25) is 0 Å². The van der Waals surface area contributed by atoms with E-state index < -0.39 is 9.84 Å². The van der Waals surface area contributed by atoms with E-state index in [1.807, 2.05) is 6.07 Å². The van der Waals surface area contributed by atoms with E-state index in [1.165, 1.54) is 24.4 Å². The van der Waals surface area contributed by atoms with Crippen molar-refractivity contribution >= 4 is 21.4 Å². The summed E-state index contributed by atoms with van der Waals surface area (Å²) in [5.74, 6) is -0.214. The Labute approximate surface area is 116 Å². The van der Waals surface area contributed by atoms with Crippen molar-refractivity contribution in [2.24, 2.45) is 0 Å². The Bertz CT molecular complexity index is 751. The van der Waals surface area contributed by atoms with Crippen LogP contribution in [0.3, 0.4) is 0 Å². The summed E-state index contributed by atoms with van der Waals surface area (Å²) in [4.78, 5) is 3.89. The maximum absolute atomic E-state index is 12.2. The van der Waals surface area contributed by atoms with Crippen molar-refractivity contribution in [2.75, 3.05) is 0 Å². The summed E-state index contributed by atoms with van der Waals surface area (Å²) in [6.45, 7) is 0. The molecular weight excluding hydrogens is 284 g/mol. The number of aromatic nitrogens is 1. The van der Waals surface area contributed by atoms with Gasteiger partial charge in [0.25, 0.3) is 0 Å². The first-order valence-corrected chi connectivity index (χ1v) is 7.38. The maximum atomic E-state index is 12.2. The molecule has 1 heterocycles. The van der Waals surface area contributed by atoms with E-state index in [1.54, 1.807) is 18.2 Å². The van der Waals surface area contributed by atoms with Crippen LogP contribution in [0, 0.1) is 11.3 Å². The van der Waals surface area contributed by atoms with E-state index in [4.69, 9.17) is 16.9 Å². The largest absolute Gasteiger partial charge is 0.246 e. The quantitative estimate of drug-likeness (QED) is 0.872. The zero-order valence-electron chi connectivity index (χ0n) is 9.75. The molecular formula is C13H9ClN2O2S. The first kappa shape index (κ1) is 13.5. The molecule has 0 unspecified atom stereocenters. The van der Waals surface area contributed by atoms with Crippen LogP contribution >= 0.6 is 11.6 Å². The van der Waals surface area contributed by atoms with Crippen LogP contribution in [0.4, 0.5) is 0 Å². The van der Waals surface area contributed by atoms with Crippen molar-refractivity contribution in [3.63, 3.8) is 0 Å². The molecule has 2 rings (SSSR count). The molecule has 0 bridgehead atoms. The van der Waals surface area contributed by atoms with E-state index >= 15 is 0 Å². The number of nitrogens with zero attached hydrogens (tertiary/aromatic N) is 2. The second-order valence-electron chi connectivity index (χ2n) is 3.85. The summed E-state index contributed by atoms with van der Waals surface area (Å²) in [5, 5.41) is 8.93. The first-order valence-electron chi connectivity index (χ1n) is 5.35. The lowest BCUT2D eigenvalue weighted by Gasteiger charge is -2.06. The van der Waals surface area contributed by atoms with Crippen LogP contribution in [0.15, 0.2) is 47.5 Å². The molecule has 0 aliphatic heterocycles. The zero-order valence-corrected chi connectivity index (χ0v) is 11.3. The second kappa shape index (κ2) is 5.39. The molecule has 0 saturated carbocycles. The van der Waals surface area contributed by atoms with Gasteiger partial charge in [-0.25, -0.2) is 13.4 Å². The Hall–Kier alpha value is -1.90. The van der Waals surface area contributed by atoms with E-state index in [2.05, 4.69) is 4.98 Å². The third-order valence-corrected chi connectivity index (χ3v) is 4.65. The molecule has 0 aliphatic rings. The average molecular weight is 293 g/mol. The van der Waals surface area contributed by atoms with Crippen molar-refractivity contribution in [3.8, 4) is 6.07 Å². The summed E-state index contributed by atoms with van der Waals surface area (Å²) in [6, 6.07) is 11.2. The minimum Gasteiger partial charge on any atom is -0.246 e. The van der Waals surface area contributed by atoms with Crippen LogP contribution in [0.25, 0.3) is 0 Å².